The summed E-state index contributed by atoms with van der Waals surface area (Å²) in [6.07, 6.45) is 1.81. The van der Waals surface area contributed by atoms with Crippen molar-refractivity contribution < 1.29 is 9.53 Å². The molecule has 2 aromatic rings. The molecule has 1 heterocycles. The van der Waals surface area contributed by atoms with E-state index in [0.717, 1.165) is 21.3 Å². The Morgan fingerprint density at radius 2 is 2.00 bits per heavy atom. The van der Waals surface area contributed by atoms with Crippen LogP contribution < -0.4 is 10.1 Å². The normalized spacial score (nSPS) is 15.8. The summed E-state index contributed by atoms with van der Waals surface area (Å²) in [5.74, 6) is 0.607. The molecule has 3 nitrogen and oxygen atoms in total. The smallest absolute Gasteiger partial charge is 0.263 e. The Labute approximate surface area is 152 Å². The predicted octanol–water partition coefficient (Wildman–Crippen LogP) is 4.52. The molecular weight excluding hydrogens is 394 g/mol. The summed E-state index contributed by atoms with van der Waals surface area (Å²) in [5, 5.41) is 2.60. The Balaban J connectivity index is 1.72. The average Bonchev–Trinajstić information content (AvgIpc) is 2.85. The fraction of sp³-hybridized carbons (Fsp3) is 0.0588. The minimum atomic E-state index is -0.152. The number of rotatable bonds is 4. The number of benzene rings is 2. The molecule has 0 unspecified atom stereocenters. The number of nitrogens with one attached hydrogen (secondary N) is 1. The topological polar surface area (TPSA) is 38.3 Å². The molecule has 116 valence electrons. The molecule has 0 radical (unpaired) electrons. The van der Waals surface area contributed by atoms with Crippen molar-refractivity contribution in [3.63, 3.8) is 0 Å². The first-order valence-corrected chi connectivity index (χ1v) is 8.85. The van der Waals surface area contributed by atoms with Crippen molar-refractivity contribution in [1.29, 1.82) is 0 Å². The van der Waals surface area contributed by atoms with Crippen molar-refractivity contribution in [3.05, 3.63) is 69.0 Å². The van der Waals surface area contributed by atoms with Gasteiger partial charge in [0, 0.05) is 0 Å². The van der Waals surface area contributed by atoms with E-state index in [-0.39, 0.29) is 5.91 Å². The van der Waals surface area contributed by atoms with Crippen LogP contribution in [0.2, 0.25) is 0 Å². The van der Waals surface area contributed by atoms with Crippen LogP contribution >= 0.6 is 39.9 Å². The number of hydrogen-bond acceptors (Lipinski definition) is 4. The quantitative estimate of drug-likeness (QED) is 0.599. The van der Waals surface area contributed by atoms with Crippen LogP contribution in [0.4, 0.5) is 0 Å². The lowest BCUT2D eigenvalue weighted by Crippen LogP contribution is -2.17. The molecule has 6 heteroatoms. The van der Waals surface area contributed by atoms with Crippen molar-refractivity contribution in [2.24, 2.45) is 0 Å². The number of carbonyl (C=O) groups excluding carboxylic acids is 1. The number of amides is 1. The molecule has 0 aromatic heterocycles. The van der Waals surface area contributed by atoms with Gasteiger partial charge in [0.25, 0.3) is 5.91 Å². The van der Waals surface area contributed by atoms with Gasteiger partial charge in [0.15, 0.2) is 0 Å². The Kier molecular flexibility index (Phi) is 5.15. The van der Waals surface area contributed by atoms with Crippen LogP contribution in [0.3, 0.4) is 0 Å². The molecule has 23 heavy (non-hydrogen) atoms. The van der Waals surface area contributed by atoms with Crippen molar-refractivity contribution >= 4 is 56.2 Å². The fourth-order valence-corrected chi connectivity index (χ4v) is 3.59. The van der Waals surface area contributed by atoms with E-state index in [1.807, 2.05) is 54.6 Å². The Morgan fingerprint density at radius 3 is 2.65 bits per heavy atom. The maximum Gasteiger partial charge on any atom is 0.263 e. The lowest BCUT2D eigenvalue weighted by Gasteiger charge is -2.09. The van der Waals surface area contributed by atoms with Gasteiger partial charge in [-0.2, -0.15) is 0 Å². The third-order valence-electron chi connectivity index (χ3n) is 3.13. The Hall–Kier alpha value is -1.63. The van der Waals surface area contributed by atoms with Crippen LogP contribution in [0.5, 0.6) is 5.75 Å². The second kappa shape index (κ2) is 7.29. The monoisotopic (exact) mass is 405 g/mol. The SMILES string of the molecule is O=C1NC(=S)S/C1=C\c1ccc(OCc2ccccc2)c(Br)c1. The zero-order valence-corrected chi connectivity index (χ0v) is 15.1. The minimum absolute atomic E-state index is 0.152. The molecule has 1 N–H and O–H groups in total. The molecule has 1 amide bonds. The van der Waals surface area contributed by atoms with Gasteiger partial charge in [0.05, 0.1) is 9.38 Å². The molecule has 2 aromatic carbocycles. The van der Waals surface area contributed by atoms with E-state index in [1.165, 1.54) is 11.8 Å². The zero-order chi connectivity index (χ0) is 16.2. The van der Waals surface area contributed by atoms with E-state index in [2.05, 4.69) is 21.2 Å². The molecule has 0 saturated carbocycles. The van der Waals surface area contributed by atoms with Crippen LogP contribution in [0.1, 0.15) is 11.1 Å². The number of thiocarbonyl (C=S) groups is 1. The third-order valence-corrected chi connectivity index (χ3v) is 4.92. The van der Waals surface area contributed by atoms with E-state index in [4.69, 9.17) is 17.0 Å². The van der Waals surface area contributed by atoms with Crippen LogP contribution in [0, 0.1) is 0 Å². The maximum atomic E-state index is 11.7. The number of carbonyl (C=O) groups is 1. The molecule has 1 aliphatic heterocycles. The highest BCUT2D eigenvalue weighted by Crippen LogP contribution is 2.30. The molecule has 0 bridgehead atoms. The molecule has 1 aliphatic rings. The summed E-state index contributed by atoms with van der Waals surface area (Å²) in [4.78, 5) is 12.3. The third kappa shape index (κ3) is 4.22. The number of thioether (sulfide) groups is 1. The number of hydrogen-bond donors (Lipinski definition) is 1. The zero-order valence-electron chi connectivity index (χ0n) is 11.9. The second-order valence-electron chi connectivity index (χ2n) is 4.82. The van der Waals surface area contributed by atoms with E-state index >= 15 is 0 Å². The summed E-state index contributed by atoms with van der Waals surface area (Å²) >= 11 is 9.76. The minimum Gasteiger partial charge on any atom is -0.488 e. The summed E-state index contributed by atoms with van der Waals surface area (Å²) in [5.41, 5.74) is 2.02. The molecule has 1 fully saturated rings. The molecule has 3 rings (SSSR count). The predicted molar refractivity (Wildman–Crippen MR) is 101 cm³/mol. The molecule has 1 saturated heterocycles. The van der Waals surface area contributed by atoms with Gasteiger partial charge in [0.2, 0.25) is 0 Å². The lowest BCUT2D eigenvalue weighted by molar-refractivity contribution is -0.115. The maximum absolute atomic E-state index is 11.7. The van der Waals surface area contributed by atoms with Crippen LogP contribution in [0.15, 0.2) is 57.9 Å². The van der Waals surface area contributed by atoms with Crippen molar-refractivity contribution in [3.8, 4) is 5.75 Å². The van der Waals surface area contributed by atoms with E-state index in [1.54, 1.807) is 0 Å². The number of halogens is 1. The first-order valence-electron chi connectivity index (χ1n) is 6.83. The Bertz CT molecular complexity index is 790. The fourth-order valence-electron chi connectivity index (χ4n) is 2.03. The molecule has 0 atom stereocenters. The summed E-state index contributed by atoms with van der Waals surface area (Å²) in [6, 6.07) is 15.7. The van der Waals surface area contributed by atoms with E-state index < -0.39 is 0 Å². The summed E-state index contributed by atoms with van der Waals surface area (Å²) in [7, 11) is 0. The van der Waals surface area contributed by atoms with E-state index in [9.17, 15) is 4.79 Å². The van der Waals surface area contributed by atoms with Crippen molar-refractivity contribution in [1.82, 2.24) is 5.32 Å². The van der Waals surface area contributed by atoms with E-state index in [0.29, 0.717) is 15.8 Å². The number of ether oxygens (including phenoxy) is 1. The van der Waals surface area contributed by atoms with Gasteiger partial charge in [-0.3, -0.25) is 4.79 Å². The van der Waals surface area contributed by atoms with Crippen molar-refractivity contribution in [2.75, 3.05) is 0 Å². The standard InChI is InChI=1S/C17H12BrNO2S2/c18-13-8-12(9-15-16(20)19-17(22)23-15)6-7-14(13)21-10-11-4-2-1-3-5-11/h1-9H,10H2,(H,19,20,22)/b15-9-. The summed E-state index contributed by atoms with van der Waals surface area (Å²) < 4.78 is 7.14. The molecular formula is C17H12BrNO2S2. The van der Waals surface area contributed by atoms with Gasteiger partial charge in [-0.05, 0) is 45.3 Å². The van der Waals surface area contributed by atoms with Gasteiger partial charge in [0.1, 0.15) is 16.7 Å². The highest BCUT2D eigenvalue weighted by Gasteiger charge is 2.21. The molecule has 0 aliphatic carbocycles. The molecule has 0 spiro atoms. The first kappa shape index (κ1) is 16.2. The highest BCUT2D eigenvalue weighted by atomic mass is 79.9. The largest absolute Gasteiger partial charge is 0.488 e. The lowest BCUT2D eigenvalue weighted by atomic mass is 10.2. The van der Waals surface area contributed by atoms with Crippen LogP contribution in [-0.4, -0.2) is 10.2 Å². The second-order valence-corrected chi connectivity index (χ2v) is 7.39. The van der Waals surface area contributed by atoms with Crippen LogP contribution in [-0.2, 0) is 11.4 Å². The van der Waals surface area contributed by atoms with Gasteiger partial charge < -0.3 is 10.1 Å². The van der Waals surface area contributed by atoms with Gasteiger partial charge >= 0.3 is 0 Å². The first-order chi connectivity index (χ1) is 11.1. The van der Waals surface area contributed by atoms with Crippen LogP contribution in [0.25, 0.3) is 6.08 Å². The van der Waals surface area contributed by atoms with Gasteiger partial charge in [-0.25, -0.2) is 0 Å². The average molecular weight is 406 g/mol. The van der Waals surface area contributed by atoms with Crippen molar-refractivity contribution in [2.45, 2.75) is 6.61 Å². The highest BCUT2D eigenvalue weighted by molar-refractivity contribution is 9.10. The Morgan fingerprint density at radius 1 is 1.22 bits per heavy atom. The van der Waals surface area contributed by atoms with Gasteiger partial charge in [-0.1, -0.05) is 60.4 Å². The van der Waals surface area contributed by atoms with Gasteiger partial charge in [-0.15, -0.1) is 0 Å². The summed E-state index contributed by atoms with van der Waals surface area (Å²) in [6.45, 7) is 0.506.